The second-order valence-corrected chi connectivity index (χ2v) is 13.8. The Morgan fingerprint density at radius 1 is 0.481 bits per heavy atom. The minimum absolute atomic E-state index is 0.607. The molecule has 5 heterocycles. The molecule has 54 heavy (non-hydrogen) atoms. The highest BCUT2D eigenvalue weighted by Crippen LogP contribution is 2.44. The molecule has 0 bridgehead atoms. The predicted octanol–water partition coefficient (Wildman–Crippen LogP) is 12.6. The molecule has 0 aliphatic rings. The van der Waals surface area contributed by atoms with Gasteiger partial charge in [0.05, 0.1) is 56.4 Å². The molecule has 6 heteroatoms. The van der Waals surface area contributed by atoms with Crippen molar-refractivity contribution in [2.75, 3.05) is 0 Å². The minimum atomic E-state index is 0.607. The monoisotopic (exact) mass is 690 g/mol. The van der Waals surface area contributed by atoms with E-state index in [1.54, 1.807) is 0 Å². The normalized spacial score (nSPS) is 12.1. The largest absolute Gasteiger partial charge is 0.455 e. The van der Waals surface area contributed by atoms with E-state index in [4.69, 9.17) is 13.8 Å². The number of nitrogens with zero attached hydrogens (tertiary/aromatic N) is 4. The van der Waals surface area contributed by atoms with Crippen LogP contribution in [0.25, 0.3) is 110 Å². The third-order valence-corrected chi connectivity index (χ3v) is 11.0. The van der Waals surface area contributed by atoms with Crippen molar-refractivity contribution in [2.45, 2.75) is 0 Å². The van der Waals surface area contributed by atoms with Crippen LogP contribution in [0.15, 0.2) is 167 Å². The van der Waals surface area contributed by atoms with Gasteiger partial charge in [-0.1, -0.05) is 84.9 Å². The van der Waals surface area contributed by atoms with Crippen molar-refractivity contribution in [1.82, 2.24) is 14.1 Å². The standard InChI is InChI=1S/C48H26N4O2/c49-26-28-17-19-29(20-18-28)36-25-44(52-38-14-6-2-12-35(38)46-40(52)24-22-33-31-10-4-8-16-43(31)54-48(33)46)50-27-41(36)51-37-13-5-1-11-34(37)45-39(51)23-21-32-30-9-3-7-15-42(30)53-47(32)45/h1-25,27H. The second-order valence-electron chi connectivity index (χ2n) is 13.8. The summed E-state index contributed by atoms with van der Waals surface area (Å²) < 4.78 is 17.7. The highest BCUT2D eigenvalue weighted by Gasteiger charge is 2.23. The first-order valence-corrected chi connectivity index (χ1v) is 17.9. The van der Waals surface area contributed by atoms with Crippen LogP contribution in [0.5, 0.6) is 0 Å². The quantitative estimate of drug-likeness (QED) is 0.185. The number of hydrogen-bond acceptors (Lipinski definition) is 4. The summed E-state index contributed by atoms with van der Waals surface area (Å²) in [6.45, 7) is 0. The van der Waals surface area contributed by atoms with Crippen molar-refractivity contribution in [1.29, 1.82) is 5.26 Å². The van der Waals surface area contributed by atoms with Gasteiger partial charge in [0.1, 0.15) is 28.1 Å². The maximum Gasteiger partial charge on any atom is 0.145 e. The van der Waals surface area contributed by atoms with Gasteiger partial charge in [-0.2, -0.15) is 5.26 Å². The predicted molar refractivity (Wildman–Crippen MR) is 218 cm³/mol. The lowest BCUT2D eigenvalue weighted by Gasteiger charge is -2.16. The van der Waals surface area contributed by atoms with Gasteiger partial charge < -0.3 is 13.4 Å². The number of para-hydroxylation sites is 4. The average molecular weight is 691 g/mol. The minimum Gasteiger partial charge on any atom is -0.455 e. The molecule has 5 aromatic heterocycles. The number of nitriles is 1. The van der Waals surface area contributed by atoms with Crippen molar-refractivity contribution in [3.8, 4) is 28.7 Å². The molecule has 0 aliphatic heterocycles. The van der Waals surface area contributed by atoms with Gasteiger partial charge in [-0.25, -0.2) is 4.98 Å². The molecule has 0 amide bonds. The summed E-state index contributed by atoms with van der Waals surface area (Å²) in [6, 6.07) is 54.3. The van der Waals surface area contributed by atoms with Crippen molar-refractivity contribution in [2.24, 2.45) is 0 Å². The van der Waals surface area contributed by atoms with Crippen LogP contribution >= 0.6 is 0 Å². The molecule has 0 spiro atoms. The van der Waals surface area contributed by atoms with Crippen LogP contribution in [0.3, 0.4) is 0 Å². The Hall–Kier alpha value is -7.62. The van der Waals surface area contributed by atoms with E-state index in [0.717, 1.165) is 110 Å². The third-order valence-electron chi connectivity index (χ3n) is 11.0. The molecule has 0 saturated carbocycles. The zero-order valence-corrected chi connectivity index (χ0v) is 28.6. The molecule has 0 aliphatic carbocycles. The Balaban J connectivity index is 1.17. The summed E-state index contributed by atoms with van der Waals surface area (Å²) in [5, 5.41) is 18.4. The lowest BCUT2D eigenvalue weighted by Crippen LogP contribution is -2.03. The van der Waals surface area contributed by atoms with Gasteiger partial charge in [0.15, 0.2) is 0 Å². The topological polar surface area (TPSA) is 72.8 Å². The molecule has 0 atom stereocenters. The van der Waals surface area contributed by atoms with E-state index in [0.29, 0.717) is 5.56 Å². The van der Waals surface area contributed by atoms with Crippen LogP contribution < -0.4 is 0 Å². The van der Waals surface area contributed by atoms with Gasteiger partial charge in [0.2, 0.25) is 0 Å². The van der Waals surface area contributed by atoms with Crippen LogP contribution in [0.1, 0.15) is 5.56 Å². The summed E-state index contributed by atoms with van der Waals surface area (Å²) in [7, 11) is 0. The molecule has 0 fully saturated rings. The fourth-order valence-corrected chi connectivity index (χ4v) is 8.67. The van der Waals surface area contributed by atoms with Crippen LogP contribution in [0.4, 0.5) is 0 Å². The number of fused-ring (bicyclic) bond motifs is 14. The Kier molecular flexibility index (Phi) is 5.75. The Bertz CT molecular complexity index is 3570. The zero-order chi connectivity index (χ0) is 35.5. The maximum absolute atomic E-state index is 9.69. The summed E-state index contributed by atoms with van der Waals surface area (Å²) in [5.41, 5.74) is 11.1. The summed E-state index contributed by atoms with van der Waals surface area (Å²) >= 11 is 0. The smallest absolute Gasteiger partial charge is 0.145 e. The second kappa shape index (κ2) is 10.7. The maximum atomic E-state index is 9.69. The fraction of sp³-hybridized carbons (Fsp3) is 0. The number of rotatable bonds is 3. The van der Waals surface area contributed by atoms with E-state index in [-0.39, 0.29) is 0 Å². The number of furan rings is 2. The van der Waals surface area contributed by atoms with Crippen LogP contribution in [-0.2, 0) is 0 Å². The number of aromatic nitrogens is 3. The van der Waals surface area contributed by atoms with Crippen LogP contribution in [0, 0.1) is 11.3 Å². The number of hydrogen-bond donors (Lipinski definition) is 0. The highest BCUT2D eigenvalue weighted by molar-refractivity contribution is 6.25. The van der Waals surface area contributed by atoms with E-state index in [1.807, 2.05) is 54.7 Å². The zero-order valence-electron chi connectivity index (χ0n) is 28.6. The summed E-state index contributed by atoms with van der Waals surface area (Å²) in [4.78, 5) is 5.27. The Morgan fingerprint density at radius 3 is 1.59 bits per heavy atom. The van der Waals surface area contributed by atoms with Crippen molar-refractivity contribution < 1.29 is 8.83 Å². The van der Waals surface area contributed by atoms with Gasteiger partial charge in [-0.3, -0.25) is 4.57 Å². The van der Waals surface area contributed by atoms with Gasteiger partial charge in [0.25, 0.3) is 0 Å². The molecule has 0 radical (unpaired) electrons. The lowest BCUT2D eigenvalue weighted by atomic mass is 10.0. The molecular formula is C48H26N4O2. The van der Waals surface area contributed by atoms with Crippen molar-refractivity contribution in [3.63, 3.8) is 0 Å². The highest BCUT2D eigenvalue weighted by atomic mass is 16.3. The Labute approximate surface area is 306 Å². The molecule has 12 aromatic rings. The molecule has 6 nitrogen and oxygen atoms in total. The van der Waals surface area contributed by atoms with Gasteiger partial charge in [-0.15, -0.1) is 0 Å². The first-order chi connectivity index (χ1) is 26.7. The van der Waals surface area contributed by atoms with E-state index in [9.17, 15) is 5.26 Å². The summed E-state index contributed by atoms with van der Waals surface area (Å²) in [6.07, 6.45) is 1.98. The molecule has 0 unspecified atom stereocenters. The van der Waals surface area contributed by atoms with E-state index < -0.39 is 0 Å². The van der Waals surface area contributed by atoms with E-state index >= 15 is 0 Å². The van der Waals surface area contributed by atoms with Crippen LogP contribution in [0.2, 0.25) is 0 Å². The van der Waals surface area contributed by atoms with E-state index in [1.165, 1.54) is 0 Å². The average Bonchev–Trinajstić information content (AvgIpc) is 3.98. The first-order valence-electron chi connectivity index (χ1n) is 17.9. The third kappa shape index (κ3) is 3.84. The van der Waals surface area contributed by atoms with E-state index in [2.05, 4.69) is 118 Å². The number of pyridine rings is 1. The van der Waals surface area contributed by atoms with Gasteiger partial charge in [0, 0.05) is 37.9 Å². The first kappa shape index (κ1) is 29.0. The van der Waals surface area contributed by atoms with Crippen molar-refractivity contribution >= 4 is 87.5 Å². The molecule has 12 rings (SSSR count). The molecular weight excluding hydrogens is 665 g/mol. The molecule has 250 valence electrons. The van der Waals surface area contributed by atoms with Crippen molar-refractivity contribution in [3.05, 3.63) is 163 Å². The summed E-state index contributed by atoms with van der Waals surface area (Å²) in [5.74, 6) is 0.778. The Morgan fingerprint density at radius 2 is 1.00 bits per heavy atom. The molecule has 0 saturated heterocycles. The molecule has 0 N–H and O–H groups in total. The lowest BCUT2D eigenvalue weighted by molar-refractivity contribution is 0.672. The van der Waals surface area contributed by atoms with Gasteiger partial charge >= 0.3 is 0 Å². The fourth-order valence-electron chi connectivity index (χ4n) is 8.67. The number of benzene rings is 7. The van der Waals surface area contributed by atoms with Gasteiger partial charge in [-0.05, 0) is 72.3 Å². The SMILES string of the molecule is N#Cc1ccc(-c2cc(-n3c4ccccc4c4c5oc6ccccc6c5ccc43)ncc2-n2c3ccccc3c3c4oc5ccccc5c4ccc32)cc1. The molecule has 7 aromatic carbocycles. The van der Waals surface area contributed by atoms with Crippen LogP contribution in [-0.4, -0.2) is 14.1 Å².